The van der Waals surface area contributed by atoms with Gasteiger partial charge in [-0.15, -0.1) is 0 Å². The maximum Gasteiger partial charge on any atom is 0.241 e. The normalized spacial score (nSPS) is 17.0. The minimum absolute atomic E-state index is 0.0252. The Morgan fingerprint density at radius 1 is 0.969 bits per heavy atom. The fraction of sp³-hybridized carbons (Fsp3) is 0.577. The van der Waals surface area contributed by atoms with Crippen molar-refractivity contribution in [3.63, 3.8) is 0 Å². The molecule has 0 spiro atoms. The average Bonchev–Trinajstić information content (AvgIpc) is 2.79. The quantitative estimate of drug-likeness (QED) is 0.579. The van der Waals surface area contributed by atoms with Crippen LogP contribution in [-0.4, -0.2) is 70.9 Å². The molecule has 1 aromatic carbocycles. The zero-order valence-electron chi connectivity index (χ0n) is 20.0. The summed E-state index contributed by atoms with van der Waals surface area (Å²) in [5.41, 5.74) is 1.45. The fourth-order valence-electron chi connectivity index (χ4n) is 4.72. The van der Waals surface area contributed by atoms with E-state index in [0.717, 1.165) is 38.8 Å². The van der Waals surface area contributed by atoms with Crippen LogP contribution >= 0.6 is 0 Å². The van der Waals surface area contributed by atoms with E-state index in [0.29, 0.717) is 29.9 Å². The van der Waals surface area contributed by atoms with Crippen molar-refractivity contribution in [3.05, 3.63) is 46.8 Å². The van der Waals surface area contributed by atoms with Gasteiger partial charge in [-0.3, -0.25) is 19.3 Å². The maximum absolute atomic E-state index is 13.8. The molecule has 0 bridgehead atoms. The van der Waals surface area contributed by atoms with Crippen molar-refractivity contribution in [1.29, 1.82) is 0 Å². The van der Waals surface area contributed by atoms with Crippen LogP contribution in [0, 0.1) is 0 Å². The Hall–Kier alpha value is -2.47. The molecule has 1 amide bonds. The van der Waals surface area contributed by atoms with Crippen LogP contribution < -0.4 is 0 Å². The Bertz CT molecular complexity index is 884. The van der Waals surface area contributed by atoms with Crippen molar-refractivity contribution in [2.45, 2.75) is 65.8 Å². The van der Waals surface area contributed by atoms with Gasteiger partial charge in [-0.1, -0.05) is 44.0 Å². The Morgan fingerprint density at radius 3 is 2.09 bits per heavy atom. The molecule has 1 heterocycles. The van der Waals surface area contributed by atoms with Gasteiger partial charge in [0.1, 0.15) is 11.4 Å². The highest BCUT2D eigenvalue weighted by atomic mass is 16.2. The van der Waals surface area contributed by atoms with Crippen molar-refractivity contribution in [2.75, 3.05) is 32.7 Å². The molecule has 3 rings (SSSR count). The second kappa shape index (κ2) is 10.9. The molecule has 0 unspecified atom stereocenters. The monoisotopic (exact) mass is 439 g/mol. The number of carbonyl (C=O) groups is 3. The van der Waals surface area contributed by atoms with Crippen LogP contribution in [0.15, 0.2) is 35.7 Å². The highest BCUT2D eigenvalue weighted by molar-refractivity contribution is 6.27. The number of piperidine rings is 1. The molecule has 1 saturated heterocycles. The lowest BCUT2D eigenvalue weighted by Crippen LogP contribution is -2.47. The van der Waals surface area contributed by atoms with Gasteiger partial charge in [0.25, 0.3) is 0 Å². The standard InChI is InChI=1S/C26H37N3O3/c1-5-7-17-29(22(30)18-27-15-11-8-12-16-27)24-23(28(6-2)19(3)4)25(31)20-13-9-10-14-21(20)26(24)32/h9-10,13-14,19H,5-8,11-12,15-18H2,1-4H3. The smallest absolute Gasteiger partial charge is 0.241 e. The lowest BCUT2D eigenvalue weighted by Gasteiger charge is -2.37. The minimum atomic E-state index is -0.225. The molecule has 1 aliphatic carbocycles. The molecule has 0 radical (unpaired) electrons. The van der Waals surface area contributed by atoms with Crippen molar-refractivity contribution >= 4 is 17.5 Å². The molecule has 0 N–H and O–H groups in total. The fourth-order valence-corrected chi connectivity index (χ4v) is 4.72. The number of hydrogen-bond acceptors (Lipinski definition) is 5. The second-order valence-corrected chi connectivity index (χ2v) is 9.02. The van der Waals surface area contributed by atoms with Crippen molar-refractivity contribution < 1.29 is 14.4 Å². The van der Waals surface area contributed by atoms with E-state index >= 15 is 0 Å². The number of Topliss-reactive ketones (excluding diaryl/α,β-unsaturated/α-hetero) is 2. The molecule has 0 atom stereocenters. The van der Waals surface area contributed by atoms with Crippen LogP contribution in [-0.2, 0) is 4.79 Å². The van der Waals surface area contributed by atoms with Gasteiger partial charge in [0, 0.05) is 30.3 Å². The van der Waals surface area contributed by atoms with Gasteiger partial charge in [0.15, 0.2) is 0 Å². The summed E-state index contributed by atoms with van der Waals surface area (Å²) in [5, 5.41) is 0. The Labute approximate surface area is 192 Å². The number of nitrogens with zero attached hydrogens (tertiary/aromatic N) is 3. The lowest BCUT2D eigenvalue weighted by molar-refractivity contribution is -0.130. The number of likely N-dealkylation sites (N-methyl/N-ethyl adjacent to an activating group) is 1. The molecule has 2 aliphatic rings. The van der Waals surface area contributed by atoms with Crippen LogP contribution in [0.25, 0.3) is 0 Å². The number of amides is 1. The van der Waals surface area contributed by atoms with E-state index in [4.69, 9.17) is 0 Å². The van der Waals surface area contributed by atoms with Crippen LogP contribution in [0.4, 0.5) is 0 Å². The first kappa shape index (κ1) is 24.2. The largest absolute Gasteiger partial charge is 0.364 e. The molecule has 32 heavy (non-hydrogen) atoms. The summed E-state index contributed by atoms with van der Waals surface area (Å²) in [5.74, 6) is -0.483. The van der Waals surface area contributed by atoms with E-state index in [1.54, 1.807) is 29.2 Å². The van der Waals surface area contributed by atoms with Gasteiger partial charge in [-0.05, 0) is 53.1 Å². The highest BCUT2D eigenvalue weighted by Crippen LogP contribution is 2.32. The SMILES string of the molecule is CCCCN(C(=O)CN1CCCCC1)C1=C(N(CC)C(C)C)C(=O)c2ccccc2C1=O. The van der Waals surface area contributed by atoms with Crippen LogP contribution in [0.3, 0.4) is 0 Å². The molecule has 1 aromatic rings. The number of likely N-dealkylation sites (tertiary alicyclic amines) is 1. The summed E-state index contributed by atoms with van der Waals surface area (Å²) in [6.07, 6.45) is 5.06. The summed E-state index contributed by atoms with van der Waals surface area (Å²) in [7, 11) is 0. The maximum atomic E-state index is 13.8. The molecule has 0 saturated carbocycles. The third kappa shape index (κ3) is 4.96. The summed E-state index contributed by atoms with van der Waals surface area (Å²) >= 11 is 0. The Balaban J connectivity index is 2.10. The summed E-state index contributed by atoms with van der Waals surface area (Å²) in [6.45, 7) is 11.2. The summed E-state index contributed by atoms with van der Waals surface area (Å²) < 4.78 is 0. The summed E-state index contributed by atoms with van der Waals surface area (Å²) in [6, 6.07) is 7.00. The predicted octanol–water partition coefficient (Wildman–Crippen LogP) is 4.12. The third-order valence-electron chi connectivity index (χ3n) is 6.44. The summed E-state index contributed by atoms with van der Waals surface area (Å²) in [4.78, 5) is 46.8. The van der Waals surface area contributed by atoms with Gasteiger partial charge in [-0.25, -0.2) is 0 Å². The van der Waals surface area contributed by atoms with E-state index in [1.165, 1.54) is 6.42 Å². The third-order valence-corrected chi connectivity index (χ3v) is 6.44. The van der Waals surface area contributed by atoms with E-state index in [2.05, 4.69) is 11.8 Å². The number of allylic oxidation sites excluding steroid dienone is 2. The van der Waals surface area contributed by atoms with E-state index in [1.807, 2.05) is 25.7 Å². The molecule has 6 nitrogen and oxygen atoms in total. The van der Waals surface area contributed by atoms with Crippen molar-refractivity contribution in [2.24, 2.45) is 0 Å². The minimum Gasteiger partial charge on any atom is -0.364 e. The first-order chi connectivity index (χ1) is 15.4. The van der Waals surface area contributed by atoms with Crippen molar-refractivity contribution in [1.82, 2.24) is 14.7 Å². The van der Waals surface area contributed by atoms with Crippen molar-refractivity contribution in [3.8, 4) is 0 Å². The number of rotatable bonds is 9. The second-order valence-electron chi connectivity index (χ2n) is 9.02. The zero-order chi connectivity index (χ0) is 23.3. The molecular formula is C26H37N3O3. The van der Waals surface area contributed by atoms with Gasteiger partial charge < -0.3 is 9.80 Å². The number of benzene rings is 1. The predicted molar refractivity (Wildman–Crippen MR) is 127 cm³/mol. The van der Waals surface area contributed by atoms with E-state index in [-0.39, 0.29) is 35.8 Å². The number of fused-ring (bicyclic) bond motifs is 1. The number of hydrogen-bond donors (Lipinski definition) is 0. The zero-order valence-corrected chi connectivity index (χ0v) is 20.0. The average molecular weight is 440 g/mol. The molecule has 0 aromatic heterocycles. The van der Waals surface area contributed by atoms with E-state index < -0.39 is 0 Å². The number of ketones is 2. The molecule has 174 valence electrons. The molecule has 1 aliphatic heterocycles. The van der Waals surface area contributed by atoms with Gasteiger partial charge in [0.2, 0.25) is 17.5 Å². The lowest BCUT2D eigenvalue weighted by atomic mass is 9.88. The number of unbranched alkanes of at least 4 members (excludes halogenated alkanes) is 1. The molecule has 1 fully saturated rings. The first-order valence-electron chi connectivity index (χ1n) is 12.1. The topological polar surface area (TPSA) is 60.9 Å². The Kier molecular flexibility index (Phi) is 8.24. The Morgan fingerprint density at radius 2 is 1.56 bits per heavy atom. The van der Waals surface area contributed by atoms with Gasteiger partial charge in [0.05, 0.1) is 6.54 Å². The van der Waals surface area contributed by atoms with Gasteiger partial charge >= 0.3 is 0 Å². The highest BCUT2D eigenvalue weighted by Gasteiger charge is 2.39. The van der Waals surface area contributed by atoms with Crippen LogP contribution in [0.1, 0.15) is 80.5 Å². The molecular weight excluding hydrogens is 402 g/mol. The van der Waals surface area contributed by atoms with Gasteiger partial charge in [-0.2, -0.15) is 0 Å². The van der Waals surface area contributed by atoms with E-state index in [9.17, 15) is 14.4 Å². The van der Waals surface area contributed by atoms with Crippen LogP contribution in [0.5, 0.6) is 0 Å². The first-order valence-corrected chi connectivity index (χ1v) is 12.1. The van der Waals surface area contributed by atoms with Crippen LogP contribution in [0.2, 0.25) is 0 Å². The molecule has 6 heteroatoms. The number of carbonyl (C=O) groups excluding carboxylic acids is 3.